The fourth-order valence-electron chi connectivity index (χ4n) is 2.12. The first-order valence-corrected chi connectivity index (χ1v) is 5.56. The van der Waals surface area contributed by atoms with Gasteiger partial charge in [-0.2, -0.15) is 0 Å². The Labute approximate surface area is 82.0 Å². The highest BCUT2D eigenvalue weighted by molar-refractivity contribution is 4.79. The molecule has 2 nitrogen and oxygen atoms in total. The second-order valence-electron chi connectivity index (χ2n) is 4.26. The lowest BCUT2D eigenvalue weighted by atomic mass is 10.1. The standard InChI is InChI=1S/C11H23NO/c1-9(2)13-11-8-6-4-5-7-10(11)12-3/h9-12H,4-8H2,1-3H3. The molecule has 2 atom stereocenters. The van der Waals surface area contributed by atoms with Gasteiger partial charge in [0.1, 0.15) is 0 Å². The van der Waals surface area contributed by atoms with Crippen molar-refractivity contribution in [2.75, 3.05) is 7.05 Å². The smallest absolute Gasteiger partial charge is 0.0731 e. The van der Waals surface area contributed by atoms with E-state index in [0.29, 0.717) is 18.2 Å². The molecule has 0 radical (unpaired) electrons. The predicted octanol–water partition coefficient (Wildman–Crippen LogP) is 2.33. The van der Waals surface area contributed by atoms with Crippen LogP contribution in [0.15, 0.2) is 0 Å². The molecule has 1 aliphatic carbocycles. The Bertz CT molecular complexity index is 136. The van der Waals surface area contributed by atoms with Crippen molar-refractivity contribution in [2.45, 2.75) is 64.2 Å². The van der Waals surface area contributed by atoms with Crippen LogP contribution in [0.2, 0.25) is 0 Å². The van der Waals surface area contributed by atoms with E-state index >= 15 is 0 Å². The Kier molecular flexibility index (Phi) is 4.74. The molecule has 0 aromatic rings. The summed E-state index contributed by atoms with van der Waals surface area (Å²) in [5, 5.41) is 3.37. The highest BCUT2D eigenvalue weighted by Gasteiger charge is 2.23. The van der Waals surface area contributed by atoms with Crippen molar-refractivity contribution in [3.8, 4) is 0 Å². The normalized spacial score (nSPS) is 30.5. The summed E-state index contributed by atoms with van der Waals surface area (Å²) in [6.07, 6.45) is 7.35. The number of hydrogen-bond acceptors (Lipinski definition) is 2. The maximum atomic E-state index is 5.91. The Morgan fingerprint density at radius 2 is 1.85 bits per heavy atom. The van der Waals surface area contributed by atoms with E-state index in [4.69, 9.17) is 4.74 Å². The van der Waals surface area contributed by atoms with E-state index in [1.165, 1.54) is 32.1 Å². The largest absolute Gasteiger partial charge is 0.374 e. The molecule has 0 amide bonds. The Morgan fingerprint density at radius 1 is 1.15 bits per heavy atom. The Balaban J connectivity index is 2.44. The van der Waals surface area contributed by atoms with Crippen molar-refractivity contribution < 1.29 is 4.74 Å². The summed E-state index contributed by atoms with van der Waals surface area (Å²) >= 11 is 0. The molecule has 1 fully saturated rings. The number of rotatable bonds is 3. The van der Waals surface area contributed by atoms with E-state index in [2.05, 4.69) is 19.2 Å². The topological polar surface area (TPSA) is 21.3 Å². The van der Waals surface area contributed by atoms with E-state index in [1.807, 2.05) is 7.05 Å². The van der Waals surface area contributed by atoms with E-state index in [0.717, 1.165) is 0 Å². The van der Waals surface area contributed by atoms with Gasteiger partial charge >= 0.3 is 0 Å². The van der Waals surface area contributed by atoms with Crippen molar-refractivity contribution in [1.82, 2.24) is 5.32 Å². The maximum absolute atomic E-state index is 5.91. The van der Waals surface area contributed by atoms with E-state index in [-0.39, 0.29) is 0 Å². The second-order valence-corrected chi connectivity index (χ2v) is 4.26. The lowest BCUT2D eigenvalue weighted by molar-refractivity contribution is -0.0157. The van der Waals surface area contributed by atoms with Crippen LogP contribution in [0.1, 0.15) is 46.0 Å². The van der Waals surface area contributed by atoms with Crippen molar-refractivity contribution in [3.63, 3.8) is 0 Å². The van der Waals surface area contributed by atoms with Crippen LogP contribution in [-0.2, 0) is 4.74 Å². The molecule has 0 bridgehead atoms. The van der Waals surface area contributed by atoms with Crippen LogP contribution in [0.25, 0.3) is 0 Å². The summed E-state index contributed by atoms with van der Waals surface area (Å²) in [6, 6.07) is 0.574. The van der Waals surface area contributed by atoms with Crippen LogP contribution in [0.5, 0.6) is 0 Å². The zero-order valence-corrected chi connectivity index (χ0v) is 9.18. The minimum absolute atomic E-state index is 0.360. The molecule has 0 saturated heterocycles. The molecule has 78 valence electrons. The van der Waals surface area contributed by atoms with Crippen LogP contribution < -0.4 is 5.32 Å². The van der Waals surface area contributed by atoms with Crippen LogP contribution >= 0.6 is 0 Å². The minimum Gasteiger partial charge on any atom is -0.374 e. The third kappa shape index (κ3) is 3.65. The quantitative estimate of drug-likeness (QED) is 0.681. The highest BCUT2D eigenvalue weighted by Crippen LogP contribution is 2.21. The average Bonchev–Trinajstić information content (AvgIpc) is 2.28. The Hall–Kier alpha value is -0.0800. The minimum atomic E-state index is 0.360. The number of nitrogens with one attached hydrogen (secondary N) is 1. The Morgan fingerprint density at radius 3 is 2.46 bits per heavy atom. The highest BCUT2D eigenvalue weighted by atomic mass is 16.5. The van der Waals surface area contributed by atoms with Gasteiger partial charge in [0, 0.05) is 6.04 Å². The first-order valence-electron chi connectivity index (χ1n) is 5.56. The first-order chi connectivity index (χ1) is 6.24. The molecule has 0 spiro atoms. The van der Waals surface area contributed by atoms with Gasteiger partial charge < -0.3 is 10.1 Å². The maximum Gasteiger partial charge on any atom is 0.0731 e. The first kappa shape index (κ1) is 11.0. The summed E-state index contributed by atoms with van der Waals surface area (Å²) in [6.45, 7) is 4.25. The molecule has 0 aromatic carbocycles. The number of ether oxygens (including phenoxy) is 1. The fourth-order valence-corrected chi connectivity index (χ4v) is 2.12. The molecule has 13 heavy (non-hydrogen) atoms. The third-order valence-corrected chi connectivity index (χ3v) is 2.77. The predicted molar refractivity (Wildman–Crippen MR) is 55.9 cm³/mol. The lowest BCUT2D eigenvalue weighted by Crippen LogP contribution is -2.39. The van der Waals surface area contributed by atoms with Gasteiger partial charge in [0.15, 0.2) is 0 Å². The second kappa shape index (κ2) is 5.61. The van der Waals surface area contributed by atoms with E-state index in [1.54, 1.807) is 0 Å². The molecular formula is C11H23NO. The van der Waals surface area contributed by atoms with Crippen LogP contribution in [-0.4, -0.2) is 25.3 Å². The number of likely N-dealkylation sites (N-methyl/N-ethyl adjacent to an activating group) is 1. The summed E-state index contributed by atoms with van der Waals surface area (Å²) in [5.74, 6) is 0. The van der Waals surface area contributed by atoms with E-state index < -0.39 is 0 Å². The van der Waals surface area contributed by atoms with Crippen molar-refractivity contribution >= 4 is 0 Å². The van der Waals surface area contributed by atoms with E-state index in [9.17, 15) is 0 Å². The molecule has 1 aliphatic rings. The summed E-state index contributed by atoms with van der Waals surface area (Å²) in [4.78, 5) is 0. The molecule has 1 N–H and O–H groups in total. The van der Waals surface area contributed by atoms with Crippen molar-refractivity contribution in [1.29, 1.82) is 0 Å². The zero-order chi connectivity index (χ0) is 9.68. The molecule has 1 rings (SSSR count). The SMILES string of the molecule is CNC1CCCCCC1OC(C)C. The zero-order valence-electron chi connectivity index (χ0n) is 9.18. The van der Waals surface area contributed by atoms with Gasteiger partial charge in [0.25, 0.3) is 0 Å². The number of hydrogen-bond donors (Lipinski definition) is 1. The van der Waals surface area contributed by atoms with Crippen LogP contribution in [0, 0.1) is 0 Å². The van der Waals surface area contributed by atoms with Gasteiger partial charge in [-0.25, -0.2) is 0 Å². The van der Waals surface area contributed by atoms with Gasteiger partial charge in [-0.1, -0.05) is 19.3 Å². The van der Waals surface area contributed by atoms with Crippen LogP contribution in [0.3, 0.4) is 0 Å². The monoisotopic (exact) mass is 185 g/mol. The molecular weight excluding hydrogens is 162 g/mol. The third-order valence-electron chi connectivity index (χ3n) is 2.77. The molecule has 2 heteroatoms. The molecule has 0 aliphatic heterocycles. The van der Waals surface area contributed by atoms with Crippen molar-refractivity contribution in [3.05, 3.63) is 0 Å². The van der Waals surface area contributed by atoms with Gasteiger partial charge in [0.2, 0.25) is 0 Å². The van der Waals surface area contributed by atoms with Crippen LogP contribution in [0.4, 0.5) is 0 Å². The lowest BCUT2D eigenvalue weighted by Gasteiger charge is -2.26. The molecule has 2 unspecified atom stereocenters. The summed E-state index contributed by atoms with van der Waals surface area (Å²) in [7, 11) is 2.05. The molecule has 1 saturated carbocycles. The molecule has 0 aromatic heterocycles. The summed E-state index contributed by atoms with van der Waals surface area (Å²) in [5.41, 5.74) is 0. The van der Waals surface area contributed by atoms with Gasteiger partial charge in [-0.15, -0.1) is 0 Å². The fraction of sp³-hybridized carbons (Fsp3) is 1.00. The summed E-state index contributed by atoms with van der Waals surface area (Å²) < 4.78 is 5.91. The van der Waals surface area contributed by atoms with Crippen molar-refractivity contribution in [2.24, 2.45) is 0 Å². The van der Waals surface area contributed by atoms with Gasteiger partial charge in [0.05, 0.1) is 12.2 Å². The van der Waals surface area contributed by atoms with Gasteiger partial charge in [-0.05, 0) is 33.7 Å². The van der Waals surface area contributed by atoms with Gasteiger partial charge in [-0.3, -0.25) is 0 Å². The molecule has 0 heterocycles. The average molecular weight is 185 g/mol.